The monoisotopic (exact) mass is 245 g/mol. The highest BCUT2D eigenvalue weighted by Gasteiger charge is 2.18. The van der Waals surface area contributed by atoms with Crippen LogP contribution in [0.2, 0.25) is 0 Å². The highest BCUT2D eigenvalue weighted by atomic mass is 16.6. The molecule has 2 heterocycles. The number of nitrogens with zero attached hydrogens (tertiary/aromatic N) is 4. The Hall–Kier alpha value is -2.57. The predicted molar refractivity (Wildman–Crippen MR) is 66.1 cm³/mol. The number of anilines is 1. The third-order valence-corrected chi connectivity index (χ3v) is 2.23. The van der Waals surface area contributed by atoms with Crippen LogP contribution in [-0.2, 0) is 0 Å². The molecule has 1 N–H and O–H groups in total. The van der Waals surface area contributed by atoms with Crippen LogP contribution in [-0.4, -0.2) is 26.4 Å². The zero-order valence-electron chi connectivity index (χ0n) is 9.70. The first-order chi connectivity index (χ1) is 8.72. The van der Waals surface area contributed by atoms with Gasteiger partial charge >= 0.3 is 0 Å². The quantitative estimate of drug-likeness (QED) is 0.652. The topological polar surface area (TPSA) is 93.8 Å². The summed E-state index contributed by atoms with van der Waals surface area (Å²) in [5.74, 6) is 0.573. The fraction of sp³-hybridized carbons (Fsp3) is 0.182. The molecule has 18 heavy (non-hydrogen) atoms. The summed E-state index contributed by atoms with van der Waals surface area (Å²) in [4.78, 5) is 22.6. The molecule has 7 heteroatoms. The summed E-state index contributed by atoms with van der Waals surface area (Å²) < 4.78 is 0. The summed E-state index contributed by atoms with van der Waals surface area (Å²) in [5.41, 5.74) is 0.507. The summed E-state index contributed by atoms with van der Waals surface area (Å²) in [7, 11) is 0. The Bertz CT molecular complexity index is 559. The van der Waals surface area contributed by atoms with E-state index in [1.54, 1.807) is 6.07 Å². The van der Waals surface area contributed by atoms with Crippen molar-refractivity contribution >= 4 is 11.5 Å². The number of nitro groups is 1. The summed E-state index contributed by atoms with van der Waals surface area (Å²) in [5, 5.41) is 14.0. The molecule has 92 valence electrons. The molecule has 7 nitrogen and oxygen atoms in total. The molecule has 2 aromatic rings. The number of pyridine rings is 1. The third kappa shape index (κ3) is 2.40. The molecule has 0 spiro atoms. The van der Waals surface area contributed by atoms with Crippen LogP contribution in [0.15, 0.2) is 30.7 Å². The van der Waals surface area contributed by atoms with Gasteiger partial charge in [0.2, 0.25) is 0 Å². The lowest BCUT2D eigenvalue weighted by Crippen LogP contribution is -2.03. The van der Waals surface area contributed by atoms with Crippen molar-refractivity contribution in [1.82, 2.24) is 15.0 Å². The fourth-order valence-corrected chi connectivity index (χ4v) is 1.49. The van der Waals surface area contributed by atoms with E-state index in [1.165, 1.54) is 24.7 Å². The van der Waals surface area contributed by atoms with E-state index < -0.39 is 4.92 Å². The molecular weight excluding hydrogens is 234 g/mol. The second-order valence-corrected chi connectivity index (χ2v) is 3.44. The highest BCUT2D eigenvalue weighted by molar-refractivity contribution is 5.67. The predicted octanol–water partition coefficient (Wildman–Crippen LogP) is 1.88. The summed E-state index contributed by atoms with van der Waals surface area (Å²) >= 11 is 0. The molecule has 0 aromatic carbocycles. The van der Waals surface area contributed by atoms with E-state index >= 15 is 0 Å². The molecule has 0 aliphatic heterocycles. The Labute approximate surface area is 103 Å². The van der Waals surface area contributed by atoms with Gasteiger partial charge in [0.05, 0.1) is 11.1 Å². The van der Waals surface area contributed by atoms with Gasteiger partial charge in [-0.15, -0.1) is 0 Å². The van der Waals surface area contributed by atoms with E-state index in [1.807, 2.05) is 6.92 Å². The second kappa shape index (κ2) is 5.17. The van der Waals surface area contributed by atoms with Gasteiger partial charge in [0.25, 0.3) is 5.69 Å². The second-order valence-electron chi connectivity index (χ2n) is 3.44. The van der Waals surface area contributed by atoms with Crippen LogP contribution in [0, 0.1) is 10.1 Å². The van der Waals surface area contributed by atoms with Crippen molar-refractivity contribution in [3.63, 3.8) is 0 Å². The first-order valence-electron chi connectivity index (χ1n) is 5.38. The van der Waals surface area contributed by atoms with Gasteiger partial charge in [-0.25, -0.2) is 4.98 Å². The average Bonchev–Trinajstić information content (AvgIpc) is 2.40. The summed E-state index contributed by atoms with van der Waals surface area (Å²) in [6.07, 6.45) is 4.43. The summed E-state index contributed by atoms with van der Waals surface area (Å²) in [6.45, 7) is 2.61. The zero-order chi connectivity index (χ0) is 13.0. The lowest BCUT2D eigenvalue weighted by atomic mass is 10.2. The molecule has 0 saturated carbocycles. The Morgan fingerprint density at radius 2 is 2.22 bits per heavy atom. The van der Waals surface area contributed by atoms with Crippen LogP contribution < -0.4 is 5.32 Å². The van der Waals surface area contributed by atoms with E-state index in [9.17, 15) is 10.1 Å². The number of aromatic nitrogens is 3. The Kier molecular flexibility index (Phi) is 3.42. The van der Waals surface area contributed by atoms with Crippen molar-refractivity contribution in [2.24, 2.45) is 0 Å². The van der Waals surface area contributed by atoms with Gasteiger partial charge in [0.15, 0.2) is 5.69 Å². The molecule has 0 aliphatic carbocycles. The Morgan fingerprint density at radius 1 is 1.39 bits per heavy atom. The minimum absolute atomic E-state index is 0.0860. The van der Waals surface area contributed by atoms with Crippen LogP contribution in [0.4, 0.5) is 11.5 Å². The standard InChI is InChI=1S/C11H11N5O2/c1-2-13-10-4-3-9(16(17)18)11(15-10)8-7-12-5-6-14-8/h3-7H,2H2,1H3,(H,13,15). The van der Waals surface area contributed by atoms with Crippen LogP contribution >= 0.6 is 0 Å². The molecule has 0 aliphatic rings. The molecule has 0 unspecified atom stereocenters. The van der Waals surface area contributed by atoms with E-state index in [4.69, 9.17) is 0 Å². The van der Waals surface area contributed by atoms with Crippen molar-refractivity contribution in [3.05, 3.63) is 40.8 Å². The van der Waals surface area contributed by atoms with E-state index in [0.29, 0.717) is 18.1 Å². The molecule has 0 amide bonds. The molecule has 2 aromatic heterocycles. The van der Waals surface area contributed by atoms with Crippen LogP contribution in [0.5, 0.6) is 0 Å². The lowest BCUT2D eigenvalue weighted by molar-refractivity contribution is -0.384. The molecule has 0 bridgehead atoms. The number of hydrogen-bond acceptors (Lipinski definition) is 6. The van der Waals surface area contributed by atoms with Crippen molar-refractivity contribution in [1.29, 1.82) is 0 Å². The van der Waals surface area contributed by atoms with Gasteiger partial charge < -0.3 is 5.32 Å². The minimum Gasteiger partial charge on any atom is -0.370 e. The molecule has 0 fully saturated rings. The molecular formula is C11H11N5O2. The van der Waals surface area contributed by atoms with E-state index in [2.05, 4.69) is 20.3 Å². The third-order valence-electron chi connectivity index (χ3n) is 2.23. The summed E-state index contributed by atoms with van der Waals surface area (Å²) in [6, 6.07) is 2.98. The molecule has 2 rings (SSSR count). The van der Waals surface area contributed by atoms with Crippen molar-refractivity contribution in [2.45, 2.75) is 6.92 Å². The van der Waals surface area contributed by atoms with Gasteiger partial charge in [0.1, 0.15) is 11.5 Å². The zero-order valence-corrected chi connectivity index (χ0v) is 9.70. The van der Waals surface area contributed by atoms with Crippen molar-refractivity contribution in [3.8, 4) is 11.4 Å². The maximum Gasteiger partial charge on any atom is 0.297 e. The number of rotatable bonds is 4. The van der Waals surface area contributed by atoms with Crippen LogP contribution in [0.1, 0.15) is 6.92 Å². The average molecular weight is 245 g/mol. The first kappa shape index (κ1) is 11.9. The largest absolute Gasteiger partial charge is 0.370 e. The highest BCUT2D eigenvalue weighted by Crippen LogP contribution is 2.27. The lowest BCUT2D eigenvalue weighted by Gasteiger charge is -2.05. The SMILES string of the molecule is CCNc1ccc([N+](=O)[O-])c(-c2cnccn2)n1. The van der Waals surface area contributed by atoms with Crippen molar-refractivity contribution in [2.75, 3.05) is 11.9 Å². The van der Waals surface area contributed by atoms with E-state index in [0.717, 1.165) is 0 Å². The van der Waals surface area contributed by atoms with Gasteiger partial charge in [-0.1, -0.05) is 0 Å². The van der Waals surface area contributed by atoms with Gasteiger partial charge in [-0.3, -0.25) is 20.1 Å². The van der Waals surface area contributed by atoms with Crippen LogP contribution in [0.3, 0.4) is 0 Å². The van der Waals surface area contributed by atoms with Gasteiger partial charge in [-0.05, 0) is 13.0 Å². The minimum atomic E-state index is -0.479. The smallest absolute Gasteiger partial charge is 0.297 e. The molecule has 0 radical (unpaired) electrons. The molecule has 0 saturated heterocycles. The first-order valence-corrected chi connectivity index (χ1v) is 5.38. The van der Waals surface area contributed by atoms with E-state index in [-0.39, 0.29) is 11.4 Å². The maximum absolute atomic E-state index is 11.0. The maximum atomic E-state index is 11.0. The fourth-order valence-electron chi connectivity index (χ4n) is 1.49. The Morgan fingerprint density at radius 3 is 2.83 bits per heavy atom. The van der Waals surface area contributed by atoms with Gasteiger partial charge in [0, 0.05) is 25.0 Å². The van der Waals surface area contributed by atoms with Gasteiger partial charge in [-0.2, -0.15) is 0 Å². The number of nitrogens with one attached hydrogen (secondary N) is 1. The number of hydrogen-bond donors (Lipinski definition) is 1. The Balaban J connectivity index is 2.54. The van der Waals surface area contributed by atoms with Crippen LogP contribution in [0.25, 0.3) is 11.4 Å². The molecule has 0 atom stereocenters. The van der Waals surface area contributed by atoms with Crippen molar-refractivity contribution < 1.29 is 4.92 Å². The normalized spacial score (nSPS) is 10.1.